The number of benzene rings is 2. The summed E-state index contributed by atoms with van der Waals surface area (Å²) in [6.07, 6.45) is 4.05. The van der Waals surface area contributed by atoms with Crippen molar-refractivity contribution in [1.82, 2.24) is 25.2 Å². The number of alkyl carbamates (subject to hydrolysis) is 1. The minimum Gasteiger partial charge on any atom is -0.497 e. The first-order valence-corrected chi connectivity index (χ1v) is 24.0. The number of fused-ring (bicyclic) bond motifs is 4. The number of allylic oxidation sites excluding steroid dienone is 1. The summed E-state index contributed by atoms with van der Waals surface area (Å²) in [5.74, 6) is -4.98. The second kappa shape index (κ2) is 17.8. The van der Waals surface area contributed by atoms with Crippen LogP contribution in [0.4, 0.5) is 13.6 Å². The average Bonchev–Trinajstić information content (AvgIpc) is 4.19. The molecule has 3 N–H and O–H groups in total. The lowest BCUT2D eigenvalue weighted by Gasteiger charge is -2.35. The molecule has 0 spiro atoms. The van der Waals surface area contributed by atoms with Crippen molar-refractivity contribution in [2.24, 2.45) is 17.8 Å². The number of hydrogen-bond donors (Lipinski definition) is 3. The zero-order valence-corrected chi connectivity index (χ0v) is 38.7. The predicted molar refractivity (Wildman–Crippen MR) is 238 cm³/mol. The zero-order valence-electron chi connectivity index (χ0n) is 37.9. The van der Waals surface area contributed by atoms with Crippen molar-refractivity contribution in [3.63, 3.8) is 0 Å². The number of alkyl halides is 2. The normalized spacial score (nSPS) is 27.5. The fourth-order valence-electron chi connectivity index (χ4n) is 8.90. The van der Waals surface area contributed by atoms with E-state index in [0.717, 1.165) is 13.8 Å². The number of halogens is 2. The minimum absolute atomic E-state index is 0.0000621. The highest BCUT2D eigenvalue weighted by Gasteiger charge is 2.62. The highest BCUT2D eigenvalue weighted by molar-refractivity contribution is 7.91. The van der Waals surface area contributed by atoms with Gasteiger partial charge in [0.2, 0.25) is 27.7 Å². The third kappa shape index (κ3) is 9.72. The summed E-state index contributed by atoms with van der Waals surface area (Å²) in [6.45, 7) is 7.10. The molecule has 356 valence electrons. The van der Waals surface area contributed by atoms with Gasteiger partial charge in [-0.15, -0.1) is 0 Å². The molecule has 16 nitrogen and oxygen atoms in total. The summed E-state index contributed by atoms with van der Waals surface area (Å²) in [7, 11) is -2.44. The van der Waals surface area contributed by atoms with Crippen molar-refractivity contribution in [1.29, 1.82) is 0 Å². The van der Waals surface area contributed by atoms with Crippen LogP contribution in [0.1, 0.15) is 79.6 Å². The fourth-order valence-corrected chi connectivity index (χ4v) is 10.3. The number of rotatable bonds is 10. The van der Waals surface area contributed by atoms with Crippen molar-refractivity contribution in [3.05, 3.63) is 54.6 Å². The summed E-state index contributed by atoms with van der Waals surface area (Å²) >= 11 is 0. The quantitative estimate of drug-likeness (QED) is 0.199. The number of nitrogens with zero attached hydrogens (tertiary/aromatic N) is 2. The molecule has 4 amide bonds. The van der Waals surface area contributed by atoms with E-state index in [1.165, 1.54) is 4.90 Å². The van der Waals surface area contributed by atoms with E-state index in [9.17, 15) is 31.6 Å². The minimum atomic E-state index is -3.99. The van der Waals surface area contributed by atoms with Gasteiger partial charge in [0.15, 0.2) is 17.1 Å². The van der Waals surface area contributed by atoms with Gasteiger partial charge in [-0.1, -0.05) is 26.0 Å². The maximum absolute atomic E-state index is 15.1. The molecule has 1 aromatic heterocycles. The molecule has 5 aliphatic rings. The van der Waals surface area contributed by atoms with Crippen LogP contribution in [0, 0.1) is 17.8 Å². The van der Waals surface area contributed by atoms with Gasteiger partial charge in [0.1, 0.15) is 42.7 Å². The molecule has 19 heteroatoms. The Morgan fingerprint density at radius 2 is 1.73 bits per heavy atom. The summed E-state index contributed by atoms with van der Waals surface area (Å²) in [5.41, 5.74) is -2.67. The van der Waals surface area contributed by atoms with Gasteiger partial charge in [-0.2, -0.15) is 0 Å². The van der Waals surface area contributed by atoms with Crippen LogP contribution in [-0.2, 0) is 29.1 Å². The van der Waals surface area contributed by atoms with E-state index in [-0.39, 0.29) is 31.2 Å². The first kappa shape index (κ1) is 46.8. The molecule has 8 rings (SSSR count). The molecule has 7 atom stereocenters. The molecule has 1 unspecified atom stereocenters. The summed E-state index contributed by atoms with van der Waals surface area (Å²) in [5, 5.41) is 6.03. The van der Waals surface area contributed by atoms with E-state index in [4.69, 9.17) is 28.7 Å². The highest BCUT2D eigenvalue weighted by atomic mass is 32.2. The van der Waals surface area contributed by atoms with E-state index in [1.54, 1.807) is 32.2 Å². The van der Waals surface area contributed by atoms with E-state index in [0.29, 0.717) is 91.5 Å². The Labute approximate surface area is 382 Å². The molecule has 3 fully saturated rings. The largest absolute Gasteiger partial charge is 0.497 e. The van der Waals surface area contributed by atoms with Gasteiger partial charge in [-0.3, -0.25) is 19.1 Å². The average molecular weight is 938 g/mol. The van der Waals surface area contributed by atoms with Gasteiger partial charge in [0.05, 0.1) is 24.6 Å². The molecule has 66 heavy (non-hydrogen) atoms. The number of methoxy groups -OCH3 is 1. The molecule has 0 bridgehead atoms. The summed E-state index contributed by atoms with van der Waals surface area (Å²) in [4.78, 5) is 63.5. The Hall–Kier alpha value is -5.72. The number of pyridine rings is 1. The second-order valence-electron chi connectivity index (χ2n) is 18.9. The van der Waals surface area contributed by atoms with Gasteiger partial charge in [-0.25, -0.2) is 27.0 Å². The van der Waals surface area contributed by atoms with Gasteiger partial charge in [0, 0.05) is 30.2 Å². The summed E-state index contributed by atoms with van der Waals surface area (Å²) in [6, 6.07) is 10.0. The Morgan fingerprint density at radius 1 is 0.985 bits per heavy atom. The van der Waals surface area contributed by atoms with Crippen LogP contribution in [0.25, 0.3) is 22.0 Å². The van der Waals surface area contributed by atoms with E-state index >= 15 is 4.79 Å². The molecular formula is C47H57F2N5O11S. The number of hydrogen-bond acceptors (Lipinski definition) is 12. The Kier molecular flexibility index (Phi) is 12.6. The Balaban J connectivity index is 1.16. The maximum Gasteiger partial charge on any atom is 0.408 e. The van der Waals surface area contributed by atoms with Crippen LogP contribution >= 0.6 is 0 Å². The molecule has 1 saturated heterocycles. The van der Waals surface area contributed by atoms with Crippen LogP contribution in [0.15, 0.2) is 54.6 Å². The van der Waals surface area contributed by atoms with Gasteiger partial charge in [0.25, 0.3) is 11.8 Å². The van der Waals surface area contributed by atoms with E-state index < -0.39 is 86.2 Å². The highest BCUT2D eigenvalue weighted by Crippen LogP contribution is 2.46. The predicted octanol–water partition coefficient (Wildman–Crippen LogP) is 6.05. The lowest BCUT2D eigenvalue weighted by molar-refractivity contribution is -0.152. The molecule has 2 aliphatic carbocycles. The van der Waals surface area contributed by atoms with E-state index in [1.807, 2.05) is 43.3 Å². The second-order valence-corrected chi connectivity index (χ2v) is 20.9. The smallest absolute Gasteiger partial charge is 0.408 e. The summed E-state index contributed by atoms with van der Waals surface area (Å²) < 4.78 is 86.4. The van der Waals surface area contributed by atoms with Gasteiger partial charge in [-0.05, 0) is 112 Å². The van der Waals surface area contributed by atoms with Crippen LogP contribution in [-0.4, -0.2) is 109 Å². The first-order chi connectivity index (χ1) is 31.2. The van der Waals surface area contributed by atoms with Crippen molar-refractivity contribution in [3.8, 4) is 34.4 Å². The SMILES string of the molecule is COc1ccc2c(O[C@@H]3C[C@H]4C(=O)N[C@]5(C(=O)NS(=O)(=O)C6CC6)CC5/C=C\CC[C@H](C)C[C@@H](C)[C@H](NC(=O)OC(C)(C)C(C)(F)F)C(=O)N4C3)nc(-c3ccc4c(c3)OCCO4)cc2c1. The molecular weight excluding hydrogens is 881 g/mol. The maximum atomic E-state index is 15.1. The van der Waals surface area contributed by atoms with Crippen molar-refractivity contribution in [2.45, 2.75) is 120 Å². The zero-order chi connectivity index (χ0) is 47.3. The fraction of sp³-hybridized carbons (Fsp3) is 0.553. The van der Waals surface area contributed by atoms with Gasteiger partial charge >= 0.3 is 6.09 Å². The number of carbonyl (C=O) groups is 4. The van der Waals surface area contributed by atoms with Crippen LogP contribution < -0.4 is 34.3 Å². The van der Waals surface area contributed by atoms with Crippen molar-refractivity contribution in [2.75, 3.05) is 26.9 Å². The standard InChI is InChI=1S/C47H57F2N5O11S/c1-26-9-7-8-10-30-24-47(30,43(57)53-66(59,60)33-13-14-33)52-40(55)36-23-32(25-54(36)42(56)39(27(2)19-26)51-44(58)65-45(3,4)46(5,48)49)64-41-34-15-12-31(61-6)20-29(34)21-35(50-41)28-11-16-37-38(22-28)63-18-17-62-37/h8,10-12,15-16,20-22,26-27,30,32-33,36,39H,7,9,13-14,17-19,23-25H2,1-6H3,(H,51,58)(H,52,55)(H,53,57)/b10-8-/t26-,27+,30?,32+,36-,39-,47+/m0/s1. The topological polar surface area (TPSA) is 201 Å². The molecule has 3 aliphatic heterocycles. The number of carbonyl (C=O) groups excluding carboxylic acids is 4. The number of aromatic nitrogens is 1. The van der Waals surface area contributed by atoms with E-state index in [2.05, 4.69) is 15.4 Å². The van der Waals surface area contributed by atoms with Crippen molar-refractivity contribution >= 4 is 44.6 Å². The number of nitrogens with one attached hydrogen (secondary N) is 3. The lowest BCUT2D eigenvalue weighted by Crippen LogP contribution is -2.59. The van der Waals surface area contributed by atoms with Crippen LogP contribution in [0.3, 0.4) is 0 Å². The first-order valence-electron chi connectivity index (χ1n) is 22.5. The molecule has 4 heterocycles. The molecule has 2 aromatic carbocycles. The number of ether oxygens (including phenoxy) is 5. The third-order valence-corrected chi connectivity index (χ3v) is 15.2. The molecule has 3 aromatic rings. The number of sulfonamides is 1. The van der Waals surface area contributed by atoms with Crippen LogP contribution in [0.2, 0.25) is 0 Å². The molecule has 0 radical (unpaired) electrons. The third-order valence-electron chi connectivity index (χ3n) is 13.4. The van der Waals surface area contributed by atoms with Gasteiger partial charge < -0.3 is 39.2 Å². The lowest BCUT2D eigenvalue weighted by atomic mass is 9.88. The molecule has 2 saturated carbocycles. The number of amides is 4. The van der Waals surface area contributed by atoms with Crippen LogP contribution in [0.5, 0.6) is 23.1 Å². The van der Waals surface area contributed by atoms with Crippen molar-refractivity contribution < 1.29 is 60.1 Å². The monoisotopic (exact) mass is 937 g/mol. The Morgan fingerprint density at radius 3 is 2.44 bits per heavy atom. The Bertz CT molecular complexity index is 2550.